The van der Waals surface area contributed by atoms with Gasteiger partial charge in [-0.25, -0.2) is 0 Å². The Kier molecular flexibility index (Phi) is 4.10. The SMILES string of the molecule is FC(F)(F)c1ccccc1NC1CCOC2(CCSC2)C1. The van der Waals surface area contributed by atoms with Crippen molar-refractivity contribution in [2.24, 2.45) is 0 Å². The summed E-state index contributed by atoms with van der Waals surface area (Å²) in [4.78, 5) is 0. The van der Waals surface area contributed by atoms with Crippen LogP contribution in [0.2, 0.25) is 0 Å². The fourth-order valence-corrected chi connectivity index (χ4v) is 4.47. The Morgan fingerprint density at radius 2 is 2.10 bits per heavy atom. The summed E-state index contributed by atoms with van der Waals surface area (Å²) < 4.78 is 45.0. The second-order valence-electron chi connectivity index (χ2n) is 5.71. The smallest absolute Gasteiger partial charge is 0.382 e. The number of para-hydroxylation sites is 1. The summed E-state index contributed by atoms with van der Waals surface area (Å²) >= 11 is 1.86. The molecule has 2 atom stereocenters. The van der Waals surface area contributed by atoms with Crippen LogP contribution in [-0.4, -0.2) is 29.8 Å². The summed E-state index contributed by atoms with van der Waals surface area (Å²) in [5.41, 5.74) is -0.544. The van der Waals surface area contributed by atoms with Crippen molar-refractivity contribution >= 4 is 17.4 Å². The van der Waals surface area contributed by atoms with E-state index in [1.807, 2.05) is 11.8 Å². The molecule has 0 aliphatic carbocycles. The van der Waals surface area contributed by atoms with Crippen LogP contribution in [0.1, 0.15) is 24.8 Å². The van der Waals surface area contributed by atoms with Crippen molar-refractivity contribution in [2.75, 3.05) is 23.4 Å². The van der Waals surface area contributed by atoms with Crippen LogP contribution in [0.5, 0.6) is 0 Å². The van der Waals surface area contributed by atoms with Crippen LogP contribution in [0.25, 0.3) is 0 Å². The number of ether oxygens (including phenoxy) is 1. The van der Waals surface area contributed by atoms with Crippen molar-refractivity contribution in [1.29, 1.82) is 0 Å². The molecule has 0 bridgehead atoms. The molecule has 3 rings (SSSR count). The lowest BCUT2D eigenvalue weighted by atomic mass is 9.89. The van der Waals surface area contributed by atoms with Gasteiger partial charge in [-0.3, -0.25) is 0 Å². The van der Waals surface area contributed by atoms with E-state index >= 15 is 0 Å². The van der Waals surface area contributed by atoms with Gasteiger partial charge in [-0.05, 0) is 37.1 Å². The van der Waals surface area contributed by atoms with Crippen LogP contribution >= 0.6 is 11.8 Å². The molecular weight excluding hydrogens is 299 g/mol. The minimum atomic E-state index is -4.32. The molecule has 0 saturated carbocycles. The summed E-state index contributed by atoms with van der Waals surface area (Å²) in [5, 5.41) is 3.10. The van der Waals surface area contributed by atoms with E-state index in [0.29, 0.717) is 6.61 Å². The number of alkyl halides is 3. The maximum absolute atomic E-state index is 13.0. The van der Waals surface area contributed by atoms with Gasteiger partial charge < -0.3 is 10.1 Å². The summed E-state index contributed by atoms with van der Waals surface area (Å²) in [6, 6.07) is 5.74. The summed E-state index contributed by atoms with van der Waals surface area (Å²) in [6.07, 6.45) is -1.79. The van der Waals surface area contributed by atoms with E-state index in [1.54, 1.807) is 6.07 Å². The van der Waals surface area contributed by atoms with Gasteiger partial charge in [0.2, 0.25) is 0 Å². The van der Waals surface area contributed by atoms with Crippen LogP contribution in [0, 0.1) is 0 Å². The van der Waals surface area contributed by atoms with E-state index in [2.05, 4.69) is 5.32 Å². The van der Waals surface area contributed by atoms with E-state index < -0.39 is 11.7 Å². The Hall–Kier alpha value is -0.880. The molecule has 0 radical (unpaired) electrons. The topological polar surface area (TPSA) is 21.3 Å². The molecule has 2 aliphatic rings. The lowest BCUT2D eigenvalue weighted by Crippen LogP contribution is -2.44. The van der Waals surface area contributed by atoms with Crippen LogP contribution in [0.15, 0.2) is 24.3 Å². The number of benzene rings is 1. The maximum atomic E-state index is 13.0. The van der Waals surface area contributed by atoms with Crippen molar-refractivity contribution in [2.45, 2.75) is 37.1 Å². The van der Waals surface area contributed by atoms with Crippen LogP contribution in [-0.2, 0) is 10.9 Å². The highest BCUT2D eigenvalue weighted by Gasteiger charge is 2.41. The van der Waals surface area contributed by atoms with Gasteiger partial charge in [0, 0.05) is 24.1 Å². The molecule has 21 heavy (non-hydrogen) atoms. The third kappa shape index (κ3) is 3.31. The zero-order valence-corrected chi connectivity index (χ0v) is 12.4. The number of hydrogen-bond donors (Lipinski definition) is 1. The van der Waals surface area contributed by atoms with Gasteiger partial charge in [-0.15, -0.1) is 0 Å². The first-order valence-corrected chi connectivity index (χ1v) is 8.28. The Morgan fingerprint density at radius 3 is 2.81 bits per heavy atom. The highest BCUT2D eigenvalue weighted by molar-refractivity contribution is 7.99. The predicted molar refractivity (Wildman–Crippen MR) is 78.7 cm³/mol. The molecule has 2 fully saturated rings. The molecular formula is C15H18F3NOS. The second-order valence-corrected chi connectivity index (χ2v) is 6.82. The van der Waals surface area contributed by atoms with Gasteiger partial charge in [0.1, 0.15) is 0 Å². The summed E-state index contributed by atoms with van der Waals surface area (Å²) in [5.74, 6) is 2.03. The Balaban J connectivity index is 1.75. The molecule has 0 amide bonds. The molecule has 1 spiro atoms. The summed E-state index contributed by atoms with van der Waals surface area (Å²) in [7, 11) is 0. The van der Waals surface area contributed by atoms with Gasteiger partial charge in [-0.1, -0.05) is 12.1 Å². The standard InChI is InChI=1S/C15H18F3NOS/c16-15(17,18)12-3-1-2-4-13(12)19-11-5-7-20-14(9-11)6-8-21-10-14/h1-4,11,19H,5-10H2. The minimum absolute atomic E-state index is 0.0425. The van der Waals surface area contributed by atoms with E-state index in [0.717, 1.165) is 36.8 Å². The number of hydrogen-bond acceptors (Lipinski definition) is 3. The average molecular weight is 317 g/mol. The first-order valence-electron chi connectivity index (χ1n) is 7.13. The van der Waals surface area contributed by atoms with Crippen molar-refractivity contribution in [3.63, 3.8) is 0 Å². The van der Waals surface area contributed by atoms with Gasteiger partial charge in [0.05, 0.1) is 11.2 Å². The molecule has 116 valence electrons. The molecule has 2 aliphatic heterocycles. The number of anilines is 1. The van der Waals surface area contributed by atoms with Crippen LogP contribution in [0.3, 0.4) is 0 Å². The number of rotatable bonds is 2. The van der Waals surface area contributed by atoms with Crippen molar-refractivity contribution in [3.8, 4) is 0 Å². The quantitative estimate of drug-likeness (QED) is 0.884. The van der Waals surface area contributed by atoms with Crippen LogP contribution in [0.4, 0.5) is 18.9 Å². The Morgan fingerprint density at radius 1 is 1.29 bits per heavy atom. The summed E-state index contributed by atoms with van der Waals surface area (Å²) in [6.45, 7) is 0.617. The maximum Gasteiger partial charge on any atom is 0.418 e. The monoisotopic (exact) mass is 317 g/mol. The molecule has 1 aromatic carbocycles. The lowest BCUT2D eigenvalue weighted by molar-refractivity contribution is -0.137. The Labute approximate surface area is 126 Å². The van der Waals surface area contributed by atoms with E-state index in [4.69, 9.17) is 4.74 Å². The average Bonchev–Trinajstić information content (AvgIpc) is 2.86. The highest BCUT2D eigenvalue weighted by Crippen LogP contribution is 2.40. The molecule has 0 aromatic heterocycles. The number of nitrogens with one attached hydrogen (secondary N) is 1. The fourth-order valence-electron chi connectivity index (χ4n) is 3.09. The fraction of sp³-hybridized carbons (Fsp3) is 0.600. The normalized spacial score (nSPS) is 29.8. The largest absolute Gasteiger partial charge is 0.418 e. The molecule has 1 N–H and O–H groups in total. The molecule has 1 aromatic rings. The van der Waals surface area contributed by atoms with Crippen molar-refractivity contribution < 1.29 is 17.9 Å². The molecule has 2 unspecified atom stereocenters. The predicted octanol–water partition coefficient (Wildman–Crippen LogP) is 4.17. The zero-order valence-electron chi connectivity index (χ0n) is 11.6. The van der Waals surface area contributed by atoms with Gasteiger partial charge in [-0.2, -0.15) is 24.9 Å². The van der Waals surface area contributed by atoms with E-state index in [9.17, 15) is 13.2 Å². The van der Waals surface area contributed by atoms with Crippen molar-refractivity contribution in [1.82, 2.24) is 0 Å². The van der Waals surface area contributed by atoms with Gasteiger partial charge >= 0.3 is 6.18 Å². The van der Waals surface area contributed by atoms with Crippen LogP contribution < -0.4 is 5.32 Å². The van der Waals surface area contributed by atoms with Gasteiger partial charge in [0.15, 0.2) is 0 Å². The van der Waals surface area contributed by atoms with E-state index in [1.165, 1.54) is 12.1 Å². The molecule has 2 nitrogen and oxygen atoms in total. The Bertz CT molecular complexity index is 500. The lowest BCUT2D eigenvalue weighted by Gasteiger charge is -2.38. The van der Waals surface area contributed by atoms with Gasteiger partial charge in [0.25, 0.3) is 0 Å². The number of halogens is 3. The molecule has 2 heterocycles. The minimum Gasteiger partial charge on any atom is -0.382 e. The second kappa shape index (κ2) is 5.72. The molecule has 2 saturated heterocycles. The number of thioether (sulfide) groups is 1. The zero-order chi connectivity index (χ0) is 14.9. The molecule has 6 heteroatoms. The van der Waals surface area contributed by atoms with Crippen molar-refractivity contribution in [3.05, 3.63) is 29.8 Å². The third-order valence-corrected chi connectivity index (χ3v) is 5.38. The third-order valence-electron chi connectivity index (χ3n) is 4.15. The highest BCUT2D eigenvalue weighted by atomic mass is 32.2. The first kappa shape index (κ1) is 15.0. The van der Waals surface area contributed by atoms with E-state index in [-0.39, 0.29) is 17.3 Å². The first-order chi connectivity index (χ1) is 9.99.